The lowest BCUT2D eigenvalue weighted by molar-refractivity contribution is -0.120. The zero-order chi connectivity index (χ0) is 14.7. The molecular formula is C16H18N2O3. The zero-order valence-electron chi connectivity index (χ0n) is 12.0. The number of hydrogen-bond acceptors (Lipinski definition) is 5. The molecule has 21 heavy (non-hydrogen) atoms. The Kier molecular flexibility index (Phi) is 3.99. The van der Waals surface area contributed by atoms with Crippen molar-refractivity contribution in [2.24, 2.45) is 0 Å². The smallest absolute Gasteiger partial charge is 0.237 e. The number of benzene rings is 1. The maximum atomic E-state index is 12.1. The van der Waals surface area contributed by atoms with E-state index in [1.165, 1.54) is 0 Å². The van der Waals surface area contributed by atoms with Crippen LogP contribution in [0.5, 0.6) is 5.75 Å². The van der Waals surface area contributed by atoms with Gasteiger partial charge in [-0.15, -0.1) is 0 Å². The maximum absolute atomic E-state index is 12.1. The lowest BCUT2D eigenvalue weighted by Crippen LogP contribution is -2.10. The molecule has 0 aliphatic heterocycles. The van der Waals surface area contributed by atoms with E-state index in [9.17, 15) is 4.79 Å². The predicted molar refractivity (Wildman–Crippen MR) is 77.1 cm³/mol. The highest BCUT2D eigenvalue weighted by Crippen LogP contribution is 2.30. The number of methoxy groups -OCH3 is 1. The van der Waals surface area contributed by atoms with Gasteiger partial charge in [-0.3, -0.25) is 4.79 Å². The summed E-state index contributed by atoms with van der Waals surface area (Å²) in [5.41, 5.74) is 0.824. The second kappa shape index (κ2) is 6.08. The quantitative estimate of drug-likeness (QED) is 0.809. The molecular weight excluding hydrogens is 268 g/mol. The van der Waals surface area contributed by atoms with E-state index in [1.54, 1.807) is 7.11 Å². The zero-order valence-corrected chi connectivity index (χ0v) is 12.0. The molecule has 1 saturated carbocycles. The van der Waals surface area contributed by atoms with E-state index in [0.717, 1.165) is 37.0 Å². The van der Waals surface area contributed by atoms with E-state index >= 15 is 0 Å². The first-order valence-electron chi connectivity index (χ1n) is 7.28. The summed E-state index contributed by atoms with van der Waals surface area (Å²) in [7, 11) is 1.62. The first kappa shape index (κ1) is 13.8. The largest absolute Gasteiger partial charge is 0.497 e. The number of Topliss-reactive ketones (excluding diaryl/α,β-unsaturated/α-hetero) is 1. The van der Waals surface area contributed by atoms with Gasteiger partial charge >= 0.3 is 0 Å². The van der Waals surface area contributed by atoms with Gasteiger partial charge in [0.15, 0.2) is 0 Å². The molecule has 1 unspecified atom stereocenters. The fraction of sp³-hybridized carbons (Fsp3) is 0.438. The fourth-order valence-corrected chi connectivity index (χ4v) is 2.68. The van der Waals surface area contributed by atoms with E-state index in [1.807, 2.05) is 24.3 Å². The molecule has 5 heteroatoms. The molecule has 110 valence electrons. The Hall–Kier alpha value is -2.17. The highest BCUT2D eigenvalue weighted by atomic mass is 16.5. The molecule has 3 rings (SSSR count). The molecule has 1 fully saturated rings. The molecule has 0 saturated heterocycles. The van der Waals surface area contributed by atoms with Crippen LogP contribution in [0.4, 0.5) is 0 Å². The molecule has 1 aliphatic rings. The summed E-state index contributed by atoms with van der Waals surface area (Å²) in [6, 6.07) is 7.48. The van der Waals surface area contributed by atoms with Crippen molar-refractivity contribution >= 4 is 5.78 Å². The van der Waals surface area contributed by atoms with Gasteiger partial charge in [0.25, 0.3) is 0 Å². The third-order valence-electron chi connectivity index (χ3n) is 3.87. The molecule has 2 aromatic rings. The van der Waals surface area contributed by atoms with Crippen LogP contribution in [0.1, 0.15) is 43.9 Å². The standard InChI is InChI=1S/C16H18N2O3/c1-20-12-7-5-6-11(10-12)15-17-16(21-18-15)13-8-3-2-4-9-14(13)19/h5-7,10,13H,2-4,8-9H2,1H3. The third kappa shape index (κ3) is 2.96. The van der Waals surface area contributed by atoms with Crippen LogP contribution in [-0.4, -0.2) is 23.0 Å². The monoisotopic (exact) mass is 286 g/mol. The van der Waals surface area contributed by atoms with Crippen molar-refractivity contribution < 1.29 is 14.1 Å². The minimum atomic E-state index is -0.237. The van der Waals surface area contributed by atoms with Crippen LogP contribution in [0, 0.1) is 0 Å². The van der Waals surface area contributed by atoms with Crippen molar-refractivity contribution in [2.75, 3.05) is 7.11 Å². The van der Waals surface area contributed by atoms with Crippen LogP contribution in [0.15, 0.2) is 28.8 Å². The minimum Gasteiger partial charge on any atom is -0.497 e. The molecule has 1 aromatic carbocycles. The van der Waals surface area contributed by atoms with Crippen LogP contribution < -0.4 is 4.74 Å². The highest BCUT2D eigenvalue weighted by molar-refractivity contribution is 5.85. The molecule has 1 aromatic heterocycles. The number of rotatable bonds is 3. The number of hydrogen-bond donors (Lipinski definition) is 0. The average molecular weight is 286 g/mol. The normalized spacial score (nSPS) is 19.3. The molecule has 0 amide bonds. The third-order valence-corrected chi connectivity index (χ3v) is 3.87. The fourth-order valence-electron chi connectivity index (χ4n) is 2.68. The van der Waals surface area contributed by atoms with E-state index in [-0.39, 0.29) is 11.7 Å². The molecule has 5 nitrogen and oxygen atoms in total. The van der Waals surface area contributed by atoms with Crippen molar-refractivity contribution in [2.45, 2.75) is 38.0 Å². The summed E-state index contributed by atoms with van der Waals surface area (Å²) < 4.78 is 10.5. The Morgan fingerprint density at radius 3 is 3.05 bits per heavy atom. The Morgan fingerprint density at radius 2 is 2.19 bits per heavy atom. The van der Waals surface area contributed by atoms with Crippen molar-refractivity contribution in [1.29, 1.82) is 0 Å². The van der Waals surface area contributed by atoms with Gasteiger partial charge in [-0.05, 0) is 25.0 Å². The molecule has 0 radical (unpaired) electrons. The Bertz CT molecular complexity index is 636. The van der Waals surface area contributed by atoms with Gasteiger partial charge in [0, 0.05) is 12.0 Å². The first-order valence-corrected chi connectivity index (χ1v) is 7.28. The summed E-state index contributed by atoms with van der Waals surface area (Å²) >= 11 is 0. The van der Waals surface area contributed by atoms with E-state index in [0.29, 0.717) is 18.1 Å². The Labute approximate surface area is 123 Å². The van der Waals surface area contributed by atoms with Crippen molar-refractivity contribution in [3.63, 3.8) is 0 Å². The summed E-state index contributed by atoms with van der Waals surface area (Å²) in [6.07, 6.45) is 4.51. The van der Waals surface area contributed by atoms with Gasteiger partial charge in [-0.2, -0.15) is 4.98 Å². The Balaban J connectivity index is 1.86. The SMILES string of the molecule is COc1cccc(-c2noc(C3CCCCCC3=O)n2)c1. The number of nitrogens with zero attached hydrogens (tertiary/aromatic N) is 2. The minimum absolute atomic E-state index is 0.216. The molecule has 1 atom stereocenters. The maximum Gasteiger partial charge on any atom is 0.237 e. The topological polar surface area (TPSA) is 65.2 Å². The average Bonchev–Trinajstić information content (AvgIpc) is 2.90. The molecule has 1 heterocycles. The van der Waals surface area contributed by atoms with E-state index < -0.39 is 0 Å². The Morgan fingerprint density at radius 1 is 1.29 bits per heavy atom. The lowest BCUT2D eigenvalue weighted by Gasteiger charge is -2.06. The molecule has 0 bridgehead atoms. The number of carbonyl (C=O) groups excluding carboxylic acids is 1. The predicted octanol–water partition coefficient (Wildman–Crippen LogP) is 3.36. The highest BCUT2D eigenvalue weighted by Gasteiger charge is 2.27. The molecule has 0 spiro atoms. The summed E-state index contributed by atoms with van der Waals surface area (Å²) in [4.78, 5) is 16.5. The van der Waals surface area contributed by atoms with Crippen LogP contribution in [0.3, 0.4) is 0 Å². The lowest BCUT2D eigenvalue weighted by atomic mass is 9.99. The number of ketones is 1. The summed E-state index contributed by atoms with van der Waals surface area (Å²) in [5.74, 6) is 1.66. The van der Waals surface area contributed by atoms with Gasteiger partial charge < -0.3 is 9.26 Å². The van der Waals surface area contributed by atoms with Gasteiger partial charge in [0.2, 0.25) is 11.7 Å². The van der Waals surface area contributed by atoms with Crippen LogP contribution >= 0.6 is 0 Å². The molecule has 0 N–H and O–H groups in total. The summed E-state index contributed by atoms with van der Waals surface area (Å²) in [5, 5.41) is 4.01. The summed E-state index contributed by atoms with van der Waals surface area (Å²) in [6.45, 7) is 0. The van der Waals surface area contributed by atoms with Crippen molar-refractivity contribution in [3.8, 4) is 17.1 Å². The number of aromatic nitrogens is 2. The van der Waals surface area contributed by atoms with E-state index in [4.69, 9.17) is 9.26 Å². The van der Waals surface area contributed by atoms with Crippen molar-refractivity contribution in [1.82, 2.24) is 10.1 Å². The number of ether oxygens (including phenoxy) is 1. The van der Waals surface area contributed by atoms with Crippen LogP contribution in [0.2, 0.25) is 0 Å². The first-order chi connectivity index (χ1) is 10.3. The van der Waals surface area contributed by atoms with Gasteiger partial charge in [0.1, 0.15) is 11.5 Å². The van der Waals surface area contributed by atoms with Gasteiger partial charge in [-0.25, -0.2) is 0 Å². The second-order valence-electron chi connectivity index (χ2n) is 5.31. The van der Waals surface area contributed by atoms with Gasteiger partial charge in [0.05, 0.1) is 13.0 Å². The van der Waals surface area contributed by atoms with Crippen molar-refractivity contribution in [3.05, 3.63) is 30.2 Å². The molecule has 1 aliphatic carbocycles. The van der Waals surface area contributed by atoms with E-state index in [2.05, 4.69) is 10.1 Å². The second-order valence-corrected chi connectivity index (χ2v) is 5.31. The van der Waals surface area contributed by atoms with Gasteiger partial charge in [-0.1, -0.05) is 30.1 Å². The van der Waals surface area contributed by atoms with Crippen LogP contribution in [0.25, 0.3) is 11.4 Å². The number of carbonyl (C=O) groups is 1. The van der Waals surface area contributed by atoms with Crippen LogP contribution in [-0.2, 0) is 4.79 Å².